The molecular formula is C13H8Br6O3P+. The van der Waals surface area contributed by atoms with Gasteiger partial charge >= 0.3 is 7.94 Å². The zero-order chi connectivity index (χ0) is 17.5. The Kier molecular flexibility index (Phi) is 7.38. The Balaban J connectivity index is 2.75. The van der Waals surface area contributed by atoms with Crippen LogP contribution < -0.4 is 0 Å². The van der Waals surface area contributed by atoms with Gasteiger partial charge in [-0.1, -0.05) is 12.1 Å². The molecule has 2 rings (SSSR count). The third-order valence-electron chi connectivity index (χ3n) is 3.07. The van der Waals surface area contributed by atoms with Gasteiger partial charge in [0, 0.05) is 38.0 Å². The Hall–Kier alpha value is 1.63. The van der Waals surface area contributed by atoms with Gasteiger partial charge in [-0.2, -0.15) is 14.7 Å². The van der Waals surface area contributed by atoms with E-state index in [2.05, 4.69) is 95.6 Å². The average molecular weight is 723 g/mol. The zero-order valence-electron chi connectivity index (χ0n) is 10.9. The minimum atomic E-state index is -4.23. The van der Waals surface area contributed by atoms with E-state index in [-0.39, 0.29) is 0 Å². The molecule has 0 aromatic heterocycles. The van der Waals surface area contributed by atoms with Gasteiger partial charge in [0.15, 0.2) is 0 Å². The van der Waals surface area contributed by atoms with E-state index in [4.69, 9.17) is 0 Å². The Morgan fingerprint density at radius 3 is 1.26 bits per heavy atom. The largest absolute Gasteiger partial charge is 0.416 e. The van der Waals surface area contributed by atoms with Crippen molar-refractivity contribution in [1.29, 1.82) is 0 Å². The second kappa shape index (κ2) is 8.11. The summed E-state index contributed by atoms with van der Waals surface area (Å²) in [6.07, 6.45) is 0. The van der Waals surface area contributed by atoms with E-state index >= 15 is 0 Å². The average Bonchev–Trinajstić information content (AvgIpc) is 2.46. The Morgan fingerprint density at radius 1 is 0.609 bits per heavy atom. The highest BCUT2D eigenvalue weighted by Gasteiger charge is 2.47. The molecule has 0 fully saturated rings. The third kappa shape index (κ3) is 4.49. The summed E-state index contributed by atoms with van der Waals surface area (Å²) in [5.74, 6) is 0. The van der Waals surface area contributed by atoms with Crippen LogP contribution in [0.3, 0.4) is 0 Å². The molecule has 0 spiro atoms. The molecule has 0 aliphatic carbocycles. The smallest absolute Gasteiger partial charge is 0.192 e. The maximum Gasteiger partial charge on any atom is 0.416 e. The molecule has 2 aromatic carbocycles. The molecule has 0 aliphatic rings. The first-order valence-electron chi connectivity index (χ1n) is 5.89. The minimum Gasteiger partial charge on any atom is -0.192 e. The molecule has 3 nitrogen and oxygen atoms in total. The van der Waals surface area contributed by atoms with Crippen molar-refractivity contribution in [3.05, 3.63) is 62.2 Å². The highest BCUT2D eigenvalue weighted by Crippen LogP contribution is 2.65. The van der Waals surface area contributed by atoms with Gasteiger partial charge in [-0.15, -0.1) is 0 Å². The SMILES string of the molecule is O[P+](O)(O)C(c1ccc(Br)c(Br)c1Br)c1ccc(Br)c(Br)c1Br. The van der Waals surface area contributed by atoms with Crippen LogP contribution in [0.1, 0.15) is 16.8 Å². The molecule has 0 heterocycles. The monoisotopic (exact) mass is 717 g/mol. The predicted molar refractivity (Wildman–Crippen MR) is 115 cm³/mol. The molecule has 0 aliphatic heterocycles. The van der Waals surface area contributed by atoms with Gasteiger partial charge in [-0.05, 0) is 108 Å². The van der Waals surface area contributed by atoms with Crippen LogP contribution in [0.4, 0.5) is 0 Å². The molecule has 23 heavy (non-hydrogen) atoms. The third-order valence-corrected chi connectivity index (χ3v) is 11.1. The molecule has 10 heteroatoms. The lowest BCUT2D eigenvalue weighted by atomic mass is 10.0. The second-order valence-corrected chi connectivity index (χ2v) is 11.2. The maximum absolute atomic E-state index is 10.1. The van der Waals surface area contributed by atoms with Crippen LogP contribution >= 0.6 is 104 Å². The summed E-state index contributed by atoms with van der Waals surface area (Å²) in [5, 5.41) is 0. The van der Waals surface area contributed by atoms with E-state index in [9.17, 15) is 14.7 Å². The molecular weight excluding hydrogens is 715 g/mol. The van der Waals surface area contributed by atoms with Crippen molar-refractivity contribution in [3.63, 3.8) is 0 Å². The van der Waals surface area contributed by atoms with Gasteiger partial charge in [-0.25, -0.2) is 0 Å². The van der Waals surface area contributed by atoms with Gasteiger partial charge in [-0.3, -0.25) is 0 Å². The van der Waals surface area contributed by atoms with E-state index in [0.717, 1.165) is 17.9 Å². The van der Waals surface area contributed by atoms with Crippen LogP contribution in [0.25, 0.3) is 0 Å². The molecule has 0 bridgehead atoms. The topological polar surface area (TPSA) is 60.7 Å². The molecule has 3 N–H and O–H groups in total. The van der Waals surface area contributed by atoms with Crippen LogP contribution in [0.2, 0.25) is 0 Å². The number of hydrogen-bond donors (Lipinski definition) is 3. The van der Waals surface area contributed by atoms with Gasteiger partial charge in [0.25, 0.3) is 0 Å². The summed E-state index contributed by atoms with van der Waals surface area (Å²) in [5.41, 5.74) is 0.103. The molecule has 0 saturated carbocycles. The fraction of sp³-hybridized carbons (Fsp3) is 0.0769. The lowest BCUT2D eigenvalue weighted by Gasteiger charge is -2.22. The molecule has 124 valence electrons. The number of benzene rings is 2. The first-order valence-corrected chi connectivity index (χ1v) is 12.4. The molecule has 2 aromatic rings. The molecule has 0 unspecified atom stereocenters. The van der Waals surface area contributed by atoms with E-state index in [0.29, 0.717) is 20.1 Å². The summed E-state index contributed by atoms with van der Waals surface area (Å²) in [7, 11) is -4.23. The van der Waals surface area contributed by atoms with Crippen molar-refractivity contribution in [2.45, 2.75) is 5.66 Å². The maximum atomic E-state index is 10.1. The van der Waals surface area contributed by atoms with Crippen molar-refractivity contribution in [2.75, 3.05) is 0 Å². The van der Waals surface area contributed by atoms with Crippen molar-refractivity contribution < 1.29 is 14.7 Å². The van der Waals surface area contributed by atoms with Crippen LogP contribution in [0.5, 0.6) is 0 Å². The van der Waals surface area contributed by atoms with Crippen molar-refractivity contribution in [1.82, 2.24) is 0 Å². The Bertz CT molecular complexity index is 705. The van der Waals surface area contributed by atoms with Crippen LogP contribution in [0.15, 0.2) is 51.1 Å². The highest BCUT2D eigenvalue weighted by molar-refractivity contribution is 9.15. The summed E-state index contributed by atoms with van der Waals surface area (Å²) >= 11 is 20.5. The lowest BCUT2D eigenvalue weighted by molar-refractivity contribution is 0.321. The Morgan fingerprint density at radius 2 is 0.957 bits per heavy atom. The number of rotatable bonds is 3. The van der Waals surface area contributed by atoms with Crippen LogP contribution in [-0.4, -0.2) is 14.7 Å². The number of hydrogen-bond acceptors (Lipinski definition) is 3. The van der Waals surface area contributed by atoms with Crippen LogP contribution in [0, 0.1) is 0 Å². The predicted octanol–water partition coefficient (Wildman–Crippen LogP) is 7.09. The first kappa shape index (κ1) is 20.9. The van der Waals surface area contributed by atoms with E-state index in [1.807, 2.05) is 0 Å². The molecule has 0 saturated heterocycles. The second-order valence-electron chi connectivity index (χ2n) is 4.55. The van der Waals surface area contributed by atoms with Gasteiger partial charge in [0.2, 0.25) is 5.66 Å². The summed E-state index contributed by atoms with van der Waals surface area (Å²) in [6.45, 7) is 0. The van der Waals surface area contributed by atoms with E-state index < -0.39 is 13.6 Å². The van der Waals surface area contributed by atoms with E-state index in [1.54, 1.807) is 24.3 Å². The van der Waals surface area contributed by atoms with Crippen molar-refractivity contribution in [2.24, 2.45) is 0 Å². The first-order chi connectivity index (χ1) is 10.6. The Labute approximate surface area is 184 Å². The van der Waals surface area contributed by atoms with Crippen molar-refractivity contribution >= 4 is 104 Å². The minimum absolute atomic E-state index is 0.552. The fourth-order valence-electron chi connectivity index (χ4n) is 2.04. The molecule has 0 radical (unpaired) electrons. The standard InChI is InChI=1S/C13H8Br6O3P/c14-7-3-1-5(9(16)11(7)18)13(23(20,21)22)6-2-4-8(15)12(19)10(6)17/h1-4,13,20-22H/q+1. The summed E-state index contributed by atoms with van der Waals surface area (Å²) in [6, 6.07) is 7.00. The molecule has 0 atom stereocenters. The van der Waals surface area contributed by atoms with Crippen LogP contribution in [-0.2, 0) is 0 Å². The highest BCUT2D eigenvalue weighted by atomic mass is 79.9. The number of halogens is 6. The van der Waals surface area contributed by atoms with Gasteiger partial charge in [0.05, 0.1) is 0 Å². The lowest BCUT2D eigenvalue weighted by Crippen LogP contribution is -2.09. The molecule has 0 amide bonds. The zero-order valence-corrected chi connectivity index (χ0v) is 21.4. The quantitative estimate of drug-likeness (QED) is 0.235. The summed E-state index contributed by atoms with van der Waals surface area (Å²) in [4.78, 5) is 30.2. The van der Waals surface area contributed by atoms with Gasteiger partial charge in [0.1, 0.15) is 0 Å². The normalized spacial score (nSPS) is 12.1. The van der Waals surface area contributed by atoms with Gasteiger partial charge < -0.3 is 0 Å². The summed E-state index contributed by atoms with van der Waals surface area (Å²) < 4.78 is 4.32. The van der Waals surface area contributed by atoms with E-state index in [1.165, 1.54) is 0 Å². The van der Waals surface area contributed by atoms with Crippen molar-refractivity contribution in [3.8, 4) is 0 Å². The fourth-order valence-corrected chi connectivity index (χ4v) is 6.64.